The first-order valence-electron chi connectivity index (χ1n) is 8.22. The average molecular weight is 267 g/mol. The molecule has 2 fully saturated rings. The highest BCUT2D eigenvalue weighted by molar-refractivity contribution is 4.97. The van der Waals surface area contributed by atoms with Crippen LogP contribution in [-0.4, -0.2) is 62.2 Å². The highest BCUT2D eigenvalue weighted by atomic mass is 15.2. The Morgan fingerprint density at radius 1 is 1.05 bits per heavy atom. The van der Waals surface area contributed by atoms with Crippen molar-refractivity contribution in [2.45, 2.75) is 62.9 Å². The van der Waals surface area contributed by atoms with Crippen LogP contribution < -0.4 is 5.32 Å². The third-order valence-corrected chi connectivity index (χ3v) is 5.30. The molecule has 0 unspecified atom stereocenters. The van der Waals surface area contributed by atoms with Gasteiger partial charge in [0.2, 0.25) is 0 Å². The standard InChI is InChI=1S/C16H33N3/c1-18(2)16(10-6-11-16)14-19(3)13-7-12-17-15-8-4-5-9-15/h15,17H,4-14H2,1-3H3. The van der Waals surface area contributed by atoms with Crippen LogP contribution in [0.4, 0.5) is 0 Å². The van der Waals surface area contributed by atoms with Gasteiger partial charge in [0.05, 0.1) is 0 Å². The molecule has 0 amide bonds. The second kappa shape index (κ2) is 7.05. The van der Waals surface area contributed by atoms with Crippen LogP contribution in [0.5, 0.6) is 0 Å². The maximum absolute atomic E-state index is 3.71. The third-order valence-electron chi connectivity index (χ3n) is 5.30. The molecule has 0 aromatic heterocycles. The van der Waals surface area contributed by atoms with Crippen molar-refractivity contribution >= 4 is 0 Å². The van der Waals surface area contributed by atoms with Crippen molar-refractivity contribution < 1.29 is 0 Å². The molecule has 0 aliphatic heterocycles. The zero-order valence-corrected chi connectivity index (χ0v) is 13.2. The minimum Gasteiger partial charge on any atom is -0.314 e. The van der Waals surface area contributed by atoms with Crippen molar-refractivity contribution in [2.24, 2.45) is 0 Å². The summed E-state index contributed by atoms with van der Waals surface area (Å²) >= 11 is 0. The van der Waals surface area contributed by atoms with Gasteiger partial charge in [-0.1, -0.05) is 12.8 Å². The topological polar surface area (TPSA) is 18.5 Å². The van der Waals surface area contributed by atoms with E-state index in [0.717, 1.165) is 6.04 Å². The molecule has 0 aromatic carbocycles. The second-order valence-corrected chi connectivity index (χ2v) is 7.00. The Kier molecular flexibility index (Phi) is 5.67. The van der Waals surface area contributed by atoms with Gasteiger partial charge in [0.15, 0.2) is 0 Å². The molecule has 3 nitrogen and oxygen atoms in total. The summed E-state index contributed by atoms with van der Waals surface area (Å²) < 4.78 is 0. The van der Waals surface area contributed by atoms with Gasteiger partial charge >= 0.3 is 0 Å². The molecule has 3 heteroatoms. The van der Waals surface area contributed by atoms with Gasteiger partial charge in [0, 0.05) is 18.1 Å². The molecule has 112 valence electrons. The first kappa shape index (κ1) is 15.3. The number of hydrogen-bond donors (Lipinski definition) is 1. The molecule has 2 aliphatic carbocycles. The van der Waals surface area contributed by atoms with Gasteiger partial charge < -0.3 is 15.1 Å². The van der Waals surface area contributed by atoms with Gasteiger partial charge in [-0.2, -0.15) is 0 Å². The molecule has 0 aromatic rings. The van der Waals surface area contributed by atoms with Crippen molar-refractivity contribution in [3.05, 3.63) is 0 Å². The Morgan fingerprint density at radius 3 is 2.26 bits per heavy atom. The molecule has 0 bridgehead atoms. The number of nitrogens with one attached hydrogen (secondary N) is 1. The van der Waals surface area contributed by atoms with Crippen LogP contribution in [0, 0.1) is 0 Å². The lowest BCUT2D eigenvalue weighted by Gasteiger charge is -2.49. The summed E-state index contributed by atoms with van der Waals surface area (Å²) in [6.45, 7) is 3.67. The fourth-order valence-electron chi connectivity index (χ4n) is 3.70. The number of rotatable bonds is 8. The van der Waals surface area contributed by atoms with Gasteiger partial charge in [0.1, 0.15) is 0 Å². The van der Waals surface area contributed by atoms with Crippen molar-refractivity contribution in [3.63, 3.8) is 0 Å². The third kappa shape index (κ3) is 4.17. The van der Waals surface area contributed by atoms with E-state index in [4.69, 9.17) is 0 Å². The van der Waals surface area contributed by atoms with Crippen molar-refractivity contribution in [3.8, 4) is 0 Å². The summed E-state index contributed by atoms with van der Waals surface area (Å²) in [5.74, 6) is 0. The van der Waals surface area contributed by atoms with Gasteiger partial charge in [0.25, 0.3) is 0 Å². The highest BCUT2D eigenvalue weighted by Gasteiger charge is 2.39. The Bertz CT molecular complexity index is 255. The van der Waals surface area contributed by atoms with E-state index in [2.05, 4.69) is 36.3 Å². The SMILES string of the molecule is CN(CCCNC1CCCC1)CC1(N(C)C)CCC1. The smallest absolute Gasteiger partial charge is 0.0330 e. The van der Waals surface area contributed by atoms with Crippen LogP contribution in [-0.2, 0) is 0 Å². The zero-order valence-electron chi connectivity index (χ0n) is 13.2. The molecule has 2 saturated carbocycles. The normalized spacial score (nSPS) is 23.2. The summed E-state index contributed by atoms with van der Waals surface area (Å²) in [6, 6.07) is 0.824. The average Bonchev–Trinajstić information content (AvgIpc) is 2.82. The van der Waals surface area contributed by atoms with E-state index in [-0.39, 0.29) is 0 Å². The maximum atomic E-state index is 3.71. The largest absolute Gasteiger partial charge is 0.314 e. The molecular formula is C16H33N3. The monoisotopic (exact) mass is 267 g/mol. The molecule has 0 atom stereocenters. The van der Waals surface area contributed by atoms with E-state index in [9.17, 15) is 0 Å². The lowest BCUT2D eigenvalue weighted by Crippen LogP contribution is -2.56. The van der Waals surface area contributed by atoms with Crippen LogP contribution in [0.15, 0.2) is 0 Å². The summed E-state index contributed by atoms with van der Waals surface area (Å²) in [7, 11) is 6.78. The summed E-state index contributed by atoms with van der Waals surface area (Å²) in [5, 5.41) is 3.71. The van der Waals surface area contributed by atoms with E-state index in [0.29, 0.717) is 5.54 Å². The Labute approximate surface area is 119 Å². The maximum Gasteiger partial charge on any atom is 0.0330 e. The van der Waals surface area contributed by atoms with Gasteiger partial charge in [-0.15, -0.1) is 0 Å². The molecule has 0 heterocycles. The highest BCUT2D eigenvalue weighted by Crippen LogP contribution is 2.36. The lowest BCUT2D eigenvalue weighted by atomic mass is 9.75. The van der Waals surface area contributed by atoms with E-state index >= 15 is 0 Å². The van der Waals surface area contributed by atoms with Gasteiger partial charge in [-0.05, 0) is 72.8 Å². The first-order valence-corrected chi connectivity index (χ1v) is 8.22. The van der Waals surface area contributed by atoms with Crippen LogP contribution in [0.25, 0.3) is 0 Å². The second-order valence-electron chi connectivity index (χ2n) is 7.00. The van der Waals surface area contributed by atoms with Crippen LogP contribution >= 0.6 is 0 Å². The predicted molar refractivity (Wildman–Crippen MR) is 82.6 cm³/mol. The van der Waals surface area contributed by atoms with Crippen LogP contribution in [0.2, 0.25) is 0 Å². The molecule has 0 radical (unpaired) electrons. The number of hydrogen-bond acceptors (Lipinski definition) is 3. The summed E-state index contributed by atoms with van der Waals surface area (Å²) in [5.41, 5.74) is 0.480. The van der Waals surface area contributed by atoms with E-state index in [1.165, 1.54) is 71.0 Å². The van der Waals surface area contributed by atoms with Crippen LogP contribution in [0.1, 0.15) is 51.4 Å². The summed E-state index contributed by atoms with van der Waals surface area (Å²) in [4.78, 5) is 4.99. The van der Waals surface area contributed by atoms with Crippen LogP contribution in [0.3, 0.4) is 0 Å². The molecule has 0 spiro atoms. The van der Waals surface area contributed by atoms with E-state index < -0.39 is 0 Å². The van der Waals surface area contributed by atoms with Crippen molar-refractivity contribution in [1.82, 2.24) is 15.1 Å². The van der Waals surface area contributed by atoms with E-state index in [1.807, 2.05) is 0 Å². The van der Waals surface area contributed by atoms with Gasteiger partial charge in [-0.3, -0.25) is 0 Å². The number of likely N-dealkylation sites (N-methyl/N-ethyl adjacent to an activating group) is 2. The van der Waals surface area contributed by atoms with Crippen molar-refractivity contribution in [1.29, 1.82) is 0 Å². The molecule has 2 aliphatic rings. The zero-order chi connectivity index (χ0) is 13.7. The van der Waals surface area contributed by atoms with E-state index in [1.54, 1.807) is 0 Å². The Morgan fingerprint density at radius 2 is 1.74 bits per heavy atom. The fraction of sp³-hybridized carbons (Fsp3) is 1.00. The molecule has 2 rings (SSSR count). The summed E-state index contributed by atoms with van der Waals surface area (Å²) in [6.07, 6.45) is 11.1. The molecule has 0 saturated heterocycles. The molecular weight excluding hydrogens is 234 g/mol. The van der Waals surface area contributed by atoms with Crippen molar-refractivity contribution in [2.75, 3.05) is 40.8 Å². The lowest BCUT2D eigenvalue weighted by molar-refractivity contribution is 0.0276. The Balaban J connectivity index is 1.57. The molecule has 19 heavy (non-hydrogen) atoms. The predicted octanol–water partition coefficient (Wildman–Crippen LogP) is 2.32. The fourth-order valence-corrected chi connectivity index (χ4v) is 3.70. The first-order chi connectivity index (χ1) is 9.12. The number of nitrogens with zero attached hydrogens (tertiary/aromatic N) is 2. The minimum absolute atomic E-state index is 0.480. The Hall–Kier alpha value is -0.120. The minimum atomic E-state index is 0.480. The quantitative estimate of drug-likeness (QED) is 0.681. The van der Waals surface area contributed by atoms with Gasteiger partial charge in [-0.25, -0.2) is 0 Å². The molecule has 1 N–H and O–H groups in total.